The molecule has 0 saturated carbocycles. The number of imidazole rings is 1. The minimum atomic E-state index is -1.21. The molecule has 1 fully saturated rings. The van der Waals surface area contributed by atoms with Gasteiger partial charge in [-0.25, -0.2) is 15.0 Å². The Hall–Kier alpha value is -2.79. The molecule has 4 rings (SSSR count). The van der Waals surface area contributed by atoms with Crippen molar-refractivity contribution in [2.45, 2.75) is 37.5 Å². The molecule has 0 aliphatic carbocycles. The standard InChI is InChI=1S/C19H23N5O5/c1-10(11-3-5-12(28-2)6-4-11)23-17-14-18(21-8-20-17)24(9-22-14)19-16(27)15(26)13(7-25)29-19/h3-6,8-10,13,15-16,19,25-27H,7H2,1-2H3,(H,20,21,23)/t10?,13-,15?,16?,19-/m1/s1. The van der Waals surface area contributed by atoms with Crippen LogP contribution in [-0.2, 0) is 4.74 Å². The lowest BCUT2D eigenvalue weighted by molar-refractivity contribution is -0.0511. The van der Waals surface area contributed by atoms with Gasteiger partial charge in [-0.1, -0.05) is 12.1 Å². The number of aliphatic hydroxyl groups is 3. The van der Waals surface area contributed by atoms with Crippen LogP contribution < -0.4 is 10.1 Å². The van der Waals surface area contributed by atoms with Crippen LogP contribution in [0.4, 0.5) is 5.82 Å². The zero-order chi connectivity index (χ0) is 20.5. The SMILES string of the molecule is COc1ccc(C(C)Nc2ncnc3c2ncn3[C@@H]2O[C@H](CO)C(O)C2O)cc1. The van der Waals surface area contributed by atoms with E-state index in [4.69, 9.17) is 9.47 Å². The fourth-order valence-corrected chi connectivity index (χ4v) is 3.43. The zero-order valence-corrected chi connectivity index (χ0v) is 16.0. The summed E-state index contributed by atoms with van der Waals surface area (Å²) < 4.78 is 12.3. The summed E-state index contributed by atoms with van der Waals surface area (Å²) in [5, 5.41) is 32.9. The van der Waals surface area contributed by atoms with E-state index in [2.05, 4.69) is 20.3 Å². The minimum absolute atomic E-state index is 0.0573. The Labute approximate surface area is 166 Å². The highest BCUT2D eigenvalue weighted by molar-refractivity contribution is 5.82. The first kappa shape index (κ1) is 19.5. The first-order valence-electron chi connectivity index (χ1n) is 9.24. The molecule has 0 bridgehead atoms. The molecule has 5 atom stereocenters. The fraction of sp³-hybridized carbons (Fsp3) is 0.421. The predicted octanol–water partition coefficient (Wildman–Crippen LogP) is 0.619. The molecule has 3 aromatic rings. The van der Waals surface area contributed by atoms with Crippen molar-refractivity contribution in [3.63, 3.8) is 0 Å². The lowest BCUT2D eigenvalue weighted by Crippen LogP contribution is -2.33. The Kier molecular flexibility index (Phi) is 5.33. The fourth-order valence-electron chi connectivity index (χ4n) is 3.43. The van der Waals surface area contributed by atoms with Crippen LogP contribution in [0.3, 0.4) is 0 Å². The van der Waals surface area contributed by atoms with Crippen molar-refractivity contribution in [2.24, 2.45) is 0 Å². The van der Waals surface area contributed by atoms with Crippen LogP contribution in [0.1, 0.15) is 24.8 Å². The summed E-state index contributed by atoms with van der Waals surface area (Å²) in [6.45, 7) is 1.60. The van der Waals surface area contributed by atoms with E-state index < -0.39 is 31.1 Å². The van der Waals surface area contributed by atoms with E-state index in [9.17, 15) is 15.3 Å². The Morgan fingerprint density at radius 1 is 1.17 bits per heavy atom. The van der Waals surface area contributed by atoms with Crippen molar-refractivity contribution in [1.82, 2.24) is 19.5 Å². The van der Waals surface area contributed by atoms with Crippen LogP contribution in [-0.4, -0.2) is 66.9 Å². The van der Waals surface area contributed by atoms with Gasteiger partial charge in [0.2, 0.25) is 0 Å². The number of fused-ring (bicyclic) bond motifs is 1. The van der Waals surface area contributed by atoms with Crippen LogP contribution in [0.15, 0.2) is 36.9 Å². The molecule has 0 radical (unpaired) electrons. The van der Waals surface area contributed by atoms with Crippen LogP contribution in [0.2, 0.25) is 0 Å². The smallest absolute Gasteiger partial charge is 0.167 e. The van der Waals surface area contributed by atoms with Crippen molar-refractivity contribution in [2.75, 3.05) is 19.0 Å². The number of ether oxygens (including phenoxy) is 2. The first-order chi connectivity index (χ1) is 14.0. The average molecular weight is 401 g/mol. The highest BCUT2D eigenvalue weighted by atomic mass is 16.6. The highest BCUT2D eigenvalue weighted by Gasteiger charge is 2.44. The third-order valence-corrected chi connectivity index (χ3v) is 5.12. The number of nitrogens with zero attached hydrogens (tertiary/aromatic N) is 4. The number of nitrogens with one attached hydrogen (secondary N) is 1. The third kappa shape index (κ3) is 3.51. The molecule has 1 saturated heterocycles. The van der Waals surface area contributed by atoms with E-state index in [1.807, 2.05) is 31.2 Å². The largest absolute Gasteiger partial charge is 0.497 e. The quantitative estimate of drug-likeness (QED) is 0.469. The van der Waals surface area contributed by atoms with Gasteiger partial charge in [-0.15, -0.1) is 0 Å². The van der Waals surface area contributed by atoms with E-state index >= 15 is 0 Å². The molecule has 0 amide bonds. The van der Waals surface area contributed by atoms with Crippen molar-refractivity contribution in [3.05, 3.63) is 42.5 Å². The Bertz CT molecular complexity index is 979. The van der Waals surface area contributed by atoms with Crippen LogP contribution in [0.5, 0.6) is 5.75 Å². The maximum absolute atomic E-state index is 10.3. The summed E-state index contributed by atoms with van der Waals surface area (Å²) in [6.07, 6.45) is -1.32. The number of anilines is 1. The number of hydrogen-bond donors (Lipinski definition) is 4. The second-order valence-corrected chi connectivity index (χ2v) is 6.91. The highest BCUT2D eigenvalue weighted by Crippen LogP contribution is 2.32. The van der Waals surface area contributed by atoms with Crippen LogP contribution >= 0.6 is 0 Å². The number of rotatable bonds is 6. The summed E-state index contributed by atoms with van der Waals surface area (Å²) in [5.74, 6) is 1.31. The number of hydrogen-bond acceptors (Lipinski definition) is 9. The lowest BCUT2D eigenvalue weighted by atomic mass is 10.1. The van der Waals surface area contributed by atoms with Gasteiger partial charge in [0, 0.05) is 0 Å². The van der Waals surface area contributed by atoms with Crippen LogP contribution in [0, 0.1) is 0 Å². The molecule has 4 N–H and O–H groups in total. The van der Waals surface area contributed by atoms with Gasteiger partial charge < -0.3 is 30.1 Å². The van der Waals surface area contributed by atoms with Crippen LogP contribution in [0.25, 0.3) is 11.2 Å². The number of benzene rings is 1. The Morgan fingerprint density at radius 3 is 2.59 bits per heavy atom. The van der Waals surface area contributed by atoms with Gasteiger partial charge in [-0.2, -0.15) is 0 Å². The molecule has 10 heteroatoms. The molecule has 2 aromatic heterocycles. The predicted molar refractivity (Wildman–Crippen MR) is 103 cm³/mol. The zero-order valence-electron chi connectivity index (χ0n) is 16.0. The molecule has 29 heavy (non-hydrogen) atoms. The monoisotopic (exact) mass is 401 g/mol. The summed E-state index contributed by atoms with van der Waals surface area (Å²) >= 11 is 0. The number of aliphatic hydroxyl groups excluding tert-OH is 3. The lowest BCUT2D eigenvalue weighted by Gasteiger charge is -2.17. The summed E-state index contributed by atoms with van der Waals surface area (Å²) in [6, 6.07) is 7.65. The van der Waals surface area contributed by atoms with E-state index in [1.165, 1.54) is 17.2 Å². The van der Waals surface area contributed by atoms with Gasteiger partial charge in [0.05, 0.1) is 26.1 Å². The summed E-state index contributed by atoms with van der Waals surface area (Å²) in [5.41, 5.74) is 1.99. The van der Waals surface area contributed by atoms with Crippen molar-refractivity contribution < 1.29 is 24.8 Å². The Morgan fingerprint density at radius 2 is 1.93 bits per heavy atom. The van der Waals surface area contributed by atoms with Crippen molar-refractivity contribution >= 4 is 17.0 Å². The van der Waals surface area contributed by atoms with E-state index in [0.717, 1.165) is 11.3 Å². The topological polar surface area (TPSA) is 135 Å². The second-order valence-electron chi connectivity index (χ2n) is 6.91. The van der Waals surface area contributed by atoms with Crippen molar-refractivity contribution in [1.29, 1.82) is 0 Å². The average Bonchev–Trinajstić information content (AvgIpc) is 3.30. The van der Waals surface area contributed by atoms with Gasteiger partial charge >= 0.3 is 0 Å². The Balaban J connectivity index is 1.60. The second kappa shape index (κ2) is 7.91. The van der Waals surface area contributed by atoms with E-state index in [1.54, 1.807) is 7.11 Å². The molecule has 3 unspecified atom stereocenters. The molecule has 1 aliphatic rings. The molecule has 3 heterocycles. The summed E-state index contributed by atoms with van der Waals surface area (Å²) in [7, 11) is 1.62. The molecular weight excluding hydrogens is 378 g/mol. The van der Waals surface area contributed by atoms with E-state index in [0.29, 0.717) is 17.0 Å². The van der Waals surface area contributed by atoms with E-state index in [-0.39, 0.29) is 6.04 Å². The van der Waals surface area contributed by atoms with Gasteiger partial charge in [0.25, 0.3) is 0 Å². The molecular formula is C19H23N5O5. The maximum Gasteiger partial charge on any atom is 0.167 e. The van der Waals surface area contributed by atoms with Crippen molar-refractivity contribution in [3.8, 4) is 5.75 Å². The maximum atomic E-state index is 10.3. The minimum Gasteiger partial charge on any atom is -0.497 e. The third-order valence-electron chi connectivity index (χ3n) is 5.12. The molecule has 10 nitrogen and oxygen atoms in total. The van der Waals surface area contributed by atoms with Gasteiger partial charge in [-0.3, -0.25) is 4.57 Å². The number of aromatic nitrogens is 4. The molecule has 1 aromatic carbocycles. The normalized spacial score (nSPS) is 25.3. The summed E-state index contributed by atoms with van der Waals surface area (Å²) in [4.78, 5) is 12.9. The number of methoxy groups -OCH3 is 1. The molecule has 0 spiro atoms. The molecule has 154 valence electrons. The first-order valence-corrected chi connectivity index (χ1v) is 9.24. The van der Waals surface area contributed by atoms with Gasteiger partial charge in [0.15, 0.2) is 23.2 Å². The van der Waals surface area contributed by atoms with Gasteiger partial charge in [-0.05, 0) is 24.6 Å². The molecule has 1 aliphatic heterocycles. The van der Waals surface area contributed by atoms with Gasteiger partial charge in [0.1, 0.15) is 30.4 Å².